The Kier molecular flexibility index (Phi) is 5.23. The van der Waals surface area contributed by atoms with Crippen molar-refractivity contribution < 1.29 is 23.4 Å². The number of halogens is 2. The summed E-state index contributed by atoms with van der Waals surface area (Å²) in [6.07, 6.45) is 2.49. The predicted molar refractivity (Wildman–Crippen MR) is 94.0 cm³/mol. The molecule has 26 heavy (non-hydrogen) atoms. The van der Waals surface area contributed by atoms with Gasteiger partial charge in [-0.2, -0.15) is 0 Å². The van der Waals surface area contributed by atoms with E-state index in [9.17, 15) is 14.3 Å². The molecule has 134 valence electrons. The van der Waals surface area contributed by atoms with E-state index in [-0.39, 0.29) is 12.3 Å². The molecule has 1 aromatic heterocycles. The number of aliphatic carboxylic acids is 1. The highest BCUT2D eigenvalue weighted by molar-refractivity contribution is 6.31. The first-order valence-corrected chi connectivity index (χ1v) is 8.11. The summed E-state index contributed by atoms with van der Waals surface area (Å²) in [6.45, 7) is 0. The van der Waals surface area contributed by atoms with E-state index in [2.05, 4.69) is 4.98 Å². The number of benzene rings is 2. The molecule has 3 rings (SSSR count). The van der Waals surface area contributed by atoms with Gasteiger partial charge in [0.15, 0.2) is 0 Å². The molecule has 0 aliphatic rings. The maximum Gasteiger partial charge on any atom is 0.304 e. The van der Waals surface area contributed by atoms with Crippen LogP contribution in [0.1, 0.15) is 23.8 Å². The highest BCUT2D eigenvalue weighted by Crippen LogP contribution is 2.36. The van der Waals surface area contributed by atoms with E-state index in [0.717, 1.165) is 0 Å². The Morgan fingerprint density at radius 3 is 2.81 bits per heavy atom. The summed E-state index contributed by atoms with van der Waals surface area (Å²) in [4.78, 5) is 15.3. The van der Waals surface area contributed by atoms with E-state index >= 15 is 0 Å². The van der Waals surface area contributed by atoms with Crippen molar-refractivity contribution in [3.63, 3.8) is 0 Å². The lowest BCUT2D eigenvalue weighted by atomic mass is 9.92. The van der Waals surface area contributed by atoms with Gasteiger partial charge < -0.3 is 14.3 Å². The molecular weight excluding hydrogens is 361 g/mol. The minimum Gasteiger partial charge on any atom is -0.496 e. The van der Waals surface area contributed by atoms with Crippen LogP contribution in [0, 0.1) is 5.82 Å². The van der Waals surface area contributed by atoms with Crippen molar-refractivity contribution in [1.82, 2.24) is 4.98 Å². The Morgan fingerprint density at radius 1 is 1.35 bits per heavy atom. The maximum absolute atomic E-state index is 14.3. The molecule has 0 amide bonds. The molecule has 0 aliphatic carbocycles. The standard InChI is InChI=1S/C19H15ClFNO4/c1-25-17-3-2-13(20)9-15(17)11-6-12(8-14(21)7-11)16(10-18(23)24)19-22-4-5-26-19/h2-9,16H,10H2,1H3,(H,23,24). The fourth-order valence-corrected chi connectivity index (χ4v) is 2.98. The average molecular weight is 376 g/mol. The monoisotopic (exact) mass is 375 g/mol. The van der Waals surface area contributed by atoms with Crippen LogP contribution in [0.2, 0.25) is 5.02 Å². The van der Waals surface area contributed by atoms with Gasteiger partial charge in [0.05, 0.1) is 25.6 Å². The number of rotatable bonds is 6. The van der Waals surface area contributed by atoms with Gasteiger partial charge in [-0.25, -0.2) is 9.37 Å². The SMILES string of the molecule is COc1ccc(Cl)cc1-c1cc(F)cc(C(CC(=O)O)c2ncco2)c1. The highest BCUT2D eigenvalue weighted by Gasteiger charge is 2.23. The number of carboxylic acids is 1. The first-order valence-electron chi connectivity index (χ1n) is 7.73. The number of carbonyl (C=O) groups is 1. The smallest absolute Gasteiger partial charge is 0.304 e. The van der Waals surface area contributed by atoms with Crippen molar-refractivity contribution in [1.29, 1.82) is 0 Å². The maximum atomic E-state index is 14.3. The van der Waals surface area contributed by atoms with Crippen molar-refractivity contribution in [2.75, 3.05) is 7.11 Å². The highest BCUT2D eigenvalue weighted by atomic mass is 35.5. The third kappa shape index (κ3) is 3.86. The average Bonchev–Trinajstić information content (AvgIpc) is 3.13. The Bertz CT molecular complexity index is 927. The fourth-order valence-electron chi connectivity index (χ4n) is 2.80. The van der Waals surface area contributed by atoms with E-state index in [1.54, 1.807) is 24.3 Å². The van der Waals surface area contributed by atoms with Gasteiger partial charge in [0.2, 0.25) is 5.89 Å². The molecule has 1 unspecified atom stereocenters. The summed E-state index contributed by atoms with van der Waals surface area (Å²) in [6, 6.07) is 9.32. The van der Waals surface area contributed by atoms with E-state index in [1.165, 1.54) is 31.7 Å². The molecule has 2 aromatic carbocycles. The molecule has 3 aromatic rings. The van der Waals surface area contributed by atoms with E-state index in [0.29, 0.717) is 27.5 Å². The summed E-state index contributed by atoms with van der Waals surface area (Å²) in [7, 11) is 1.51. The normalized spacial score (nSPS) is 12.0. The minimum atomic E-state index is -1.04. The second-order valence-corrected chi connectivity index (χ2v) is 6.08. The Hall–Kier alpha value is -2.86. The topological polar surface area (TPSA) is 72.6 Å². The second kappa shape index (κ2) is 7.58. The first-order chi connectivity index (χ1) is 12.5. The van der Waals surface area contributed by atoms with Crippen LogP contribution in [0.4, 0.5) is 4.39 Å². The largest absolute Gasteiger partial charge is 0.496 e. The Balaban J connectivity index is 2.13. The van der Waals surface area contributed by atoms with Gasteiger partial charge in [0.25, 0.3) is 0 Å². The second-order valence-electron chi connectivity index (χ2n) is 5.64. The third-order valence-electron chi connectivity index (χ3n) is 3.92. The molecule has 1 N–H and O–H groups in total. The Labute approximate surface area is 154 Å². The molecule has 0 fully saturated rings. The van der Waals surface area contributed by atoms with Crippen LogP contribution in [-0.4, -0.2) is 23.2 Å². The predicted octanol–water partition coefficient (Wildman–Crippen LogP) is 4.75. The summed E-state index contributed by atoms with van der Waals surface area (Å²) in [5, 5.41) is 9.69. The quantitative estimate of drug-likeness (QED) is 0.673. The van der Waals surface area contributed by atoms with Crippen LogP contribution in [0.5, 0.6) is 5.75 Å². The molecule has 0 aliphatic heterocycles. The van der Waals surface area contributed by atoms with Crippen molar-refractivity contribution in [2.45, 2.75) is 12.3 Å². The first kappa shape index (κ1) is 17.9. The summed E-state index contributed by atoms with van der Waals surface area (Å²) in [5.74, 6) is -1.54. The van der Waals surface area contributed by atoms with Crippen LogP contribution in [0.15, 0.2) is 53.3 Å². The summed E-state index contributed by atoms with van der Waals surface area (Å²) >= 11 is 6.06. The third-order valence-corrected chi connectivity index (χ3v) is 4.16. The van der Waals surface area contributed by atoms with Gasteiger partial charge in [0.1, 0.15) is 17.8 Å². The zero-order valence-electron chi connectivity index (χ0n) is 13.8. The van der Waals surface area contributed by atoms with Gasteiger partial charge >= 0.3 is 5.97 Å². The number of oxazole rings is 1. The van der Waals surface area contributed by atoms with E-state index < -0.39 is 17.7 Å². The number of ether oxygens (including phenoxy) is 1. The van der Waals surface area contributed by atoms with Gasteiger partial charge in [-0.1, -0.05) is 11.6 Å². The van der Waals surface area contributed by atoms with E-state index in [4.69, 9.17) is 20.8 Å². The number of carboxylic acid groups (broad SMARTS) is 1. The van der Waals surface area contributed by atoms with Gasteiger partial charge in [-0.15, -0.1) is 0 Å². The molecule has 7 heteroatoms. The number of aromatic nitrogens is 1. The van der Waals surface area contributed by atoms with Gasteiger partial charge in [-0.3, -0.25) is 4.79 Å². The lowest BCUT2D eigenvalue weighted by Gasteiger charge is -2.15. The lowest BCUT2D eigenvalue weighted by Crippen LogP contribution is -2.09. The molecule has 5 nitrogen and oxygen atoms in total. The van der Waals surface area contributed by atoms with Crippen molar-refractivity contribution in [2.24, 2.45) is 0 Å². The number of nitrogens with zero attached hydrogens (tertiary/aromatic N) is 1. The fraction of sp³-hybridized carbons (Fsp3) is 0.158. The molecule has 0 saturated carbocycles. The minimum absolute atomic E-state index is 0.210. The van der Waals surface area contributed by atoms with Crippen LogP contribution in [-0.2, 0) is 4.79 Å². The molecule has 0 saturated heterocycles. The molecule has 0 spiro atoms. The molecular formula is C19H15ClFNO4. The van der Waals surface area contributed by atoms with Crippen LogP contribution in [0.3, 0.4) is 0 Å². The van der Waals surface area contributed by atoms with Crippen LogP contribution >= 0.6 is 11.6 Å². The van der Waals surface area contributed by atoms with Crippen LogP contribution < -0.4 is 4.74 Å². The Morgan fingerprint density at radius 2 is 2.15 bits per heavy atom. The number of hydrogen-bond donors (Lipinski definition) is 1. The van der Waals surface area contributed by atoms with Gasteiger partial charge in [0, 0.05) is 10.6 Å². The van der Waals surface area contributed by atoms with Crippen molar-refractivity contribution in [3.05, 3.63) is 71.2 Å². The zero-order valence-corrected chi connectivity index (χ0v) is 14.5. The molecule has 0 bridgehead atoms. The number of methoxy groups -OCH3 is 1. The molecule has 1 atom stereocenters. The molecule has 0 radical (unpaired) electrons. The number of hydrogen-bond acceptors (Lipinski definition) is 4. The summed E-state index contributed by atoms with van der Waals surface area (Å²) in [5.41, 5.74) is 1.55. The van der Waals surface area contributed by atoms with Crippen molar-refractivity contribution in [3.8, 4) is 16.9 Å². The summed E-state index contributed by atoms with van der Waals surface area (Å²) < 4.78 is 24.9. The molecule has 1 heterocycles. The van der Waals surface area contributed by atoms with E-state index in [1.807, 2.05) is 0 Å². The zero-order chi connectivity index (χ0) is 18.7. The van der Waals surface area contributed by atoms with Crippen LogP contribution in [0.25, 0.3) is 11.1 Å². The lowest BCUT2D eigenvalue weighted by molar-refractivity contribution is -0.137. The van der Waals surface area contributed by atoms with Gasteiger partial charge in [-0.05, 0) is 47.5 Å². The van der Waals surface area contributed by atoms with Crippen molar-refractivity contribution >= 4 is 17.6 Å².